The number of rotatable bonds is 6. The van der Waals surface area contributed by atoms with E-state index in [4.69, 9.17) is 12.2 Å². The Hall–Kier alpha value is -1.82. The van der Waals surface area contributed by atoms with Crippen molar-refractivity contribution in [3.8, 4) is 0 Å². The van der Waals surface area contributed by atoms with Gasteiger partial charge in [0.2, 0.25) is 0 Å². The minimum absolute atomic E-state index is 0.783. The Balaban J connectivity index is 1.66. The zero-order valence-corrected chi connectivity index (χ0v) is 11.7. The third-order valence-corrected chi connectivity index (χ3v) is 3.19. The third kappa shape index (κ3) is 4.40. The molecule has 0 radical (unpaired) electrons. The van der Waals surface area contributed by atoms with Crippen LogP contribution < -0.4 is 5.32 Å². The molecule has 0 atom stereocenters. The number of nitrogens with one attached hydrogen (secondary N) is 1. The Kier molecular flexibility index (Phi) is 4.97. The Morgan fingerprint density at radius 1 is 1.32 bits per heavy atom. The minimum Gasteiger partial charge on any atom is -0.376 e. The van der Waals surface area contributed by atoms with Crippen molar-refractivity contribution in [2.24, 2.45) is 7.05 Å². The van der Waals surface area contributed by atoms with Crippen molar-refractivity contribution in [2.45, 2.75) is 25.8 Å². The van der Waals surface area contributed by atoms with Crippen LogP contribution in [-0.4, -0.2) is 25.2 Å². The fraction of sp³-hybridized carbons (Fsp3) is 0.385. The molecule has 0 aliphatic heterocycles. The summed E-state index contributed by atoms with van der Waals surface area (Å²) in [6.07, 6.45) is 2.65. The molecule has 5 nitrogen and oxygen atoms in total. The molecule has 0 saturated carbocycles. The summed E-state index contributed by atoms with van der Waals surface area (Å²) in [6.45, 7) is 0.783. The van der Waals surface area contributed by atoms with Crippen molar-refractivity contribution >= 4 is 17.2 Å². The van der Waals surface area contributed by atoms with Gasteiger partial charge in [0, 0.05) is 20.0 Å². The first kappa shape index (κ1) is 13.6. The summed E-state index contributed by atoms with van der Waals surface area (Å²) >= 11 is 5.31. The van der Waals surface area contributed by atoms with Crippen molar-refractivity contribution in [1.82, 2.24) is 25.5 Å². The maximum atomic E-state index is 5.31. The molecule has 2 aromatic rings. The van der Waals surface area contributed by atoms with E-state index in [0.29, 0.717) is 0 Å². The highest BCUT2D eigenvalue weighted by Gasteiger charge is 2.03. The van der Waals surface area contributed by atoms with Gasteiger partial charge in [-0.2, -0.15) is 0 Å². The largest absolute Gasteiger partial charge is 0.376 e. The van der Waals surface area contributed by atoms with Crippen LogP contribution in [0.3, 0.4) is 0 Å². The van der Waals surface area contributed by atoms with E-state index in [9.17, 15) is 0 Å². The highest BCUT2D eigenvalue weighted by Crippen LogP contribution is 2.02. The van der Waals surface area contributed by atoms with E-state index in [1.807, 2.05) is 25.2 Å². The highest BCUT2D eigenvalue weighted by atomic mass is 32.1. The molecule has 100 valence electrons. The summed E-state index contributed by atoms with van der Waals surface area (Å²) in [7, 11) is 1.85. The predicted molar refractivity (Wildman–Crippen MR) is 77.6 cm³/mol. The van der Waals surface area contributed by atoms with Crippen molar-refractivity contribution in [3.05, 3.63) is 41.7 Å². The van der Waals surface area contributed by atoms with Gasteiger partial charge in [0.05, 0.1) is 4.99 Å². The predicted octanol–water partition coefficient (Wildman–Crippen LogP) is 1.65. The Morgan fingerprint density at radius 3 is 2.79 bits per heavy atom. The average Bonchev–Trinajstić information content (AvgIpc) is 2.83. The van der Waals surface area contributed by atoms with Crippen LogP contribution in [0.25, 0.3) is 0 Å². The van der Waals surface area contributed by atoms with E-state index in [1.54, 1.807) is 4.68 Å². The minimum atomic E-state index is 0.783. The van der Waals surface area contributed by atoms with Crippen molar-refractivity contribution < 1.29 is 0 Å². The second-order valence-electron chi connectivity index (χ2n) is 4.33. The van der Waals surface area contributed by atoms with Crippen molar-refractivity contribution in [2.75, 3.05) is 0 Å². The standard InChI is InChI=1S/C13H17N5S/c1-18-12(15-16-17-18)8-5-9-13(19)14-10-11-6-3-2-4-7-11/h2-4,6-7H,5,8-10H2,1H3,(H,14,19). The molecule has 1 aromatic heterocycles. The molecule has 0 amide bonds. The van der Waals surface area contributed by atoms with Gasteiger partial charge in [-0.25, -0.2) is 4.68 Å². The zero-order valence-electron chi connectivity index (χ0n) is 10.9. The van der Waals surface area contributed by atoms with Crippen molar-refractivity contribution in [3.63, 3.8) is 0 Å². The summed E-state index contributed by atoms with van der Waals surface area (Å²) in [6, 6.07) is 10.2. The molecule has 6 heteroatoms. The van der Waals surface area contributed by atoms with Gasteiger partial charge in [-0.15, -0.1) is 5.10 Å². The van der Waals surface area contributed by atoms with Crippen LogP contribution in [-0.2, 0) is 20.0 Å². The van der Waals surface area contributed by atoms with Gasteiger partial charge in [0.25, 0.3) is 0 Å². The summed E-state index contributed by atoms with van der Waals surface area (Å²) in [5.41, 5.74) is 1.24. The van der Waals surface area contributed by atoms with Gasteiger partial charge in [-0.05, 0) is 28.8 Å². The number of hydrogen-bond acceptors (Lipinski definition) is 4. The van der Waals surface area contributed by atoms with E-state index < -0.39 is 0 Å². The molecule has 2 rings (SSSR count). The molecule has 0 fully saturated rings. The fourth-order valence-corrected chi connectivity index (χ4v) is 1.97. The van der Waals surface area contributed by atoms with Gasteiger partial charge in [-0.1, -0.05) is 42.5 Å². The molecule has 1 aromatic carbocycles. The number of aryl methyl sites for hydroxylation is 2. The molecule has 19 heavy (non-hydrogen) atoms. The van der Waals surface area contributed by atoms with Crippen LogP contribution in [0.4, 0.5) is 0 Å². The fourth-order valence-electron chi connectivity index (χ4n) is 1.75. The number of thiocarbonyl (C=S) groups is 1. The van der Waals surface area contributed by atoms with E-state index in [-0.39, 0.29) is 0 Å². The van der Waals surface area contributed by atoms with E-state index >= 15 is 0 Å². The Morgan fingerprint density at radius 2 is 2.11 bits per heavy atom. The second-order valence-corrected chi connectivity index (χ2v) is 4.83. The Bertz CT molecular complexity index is 523. The van der Waals surface area contributed by atoms with Crippen LogP contribution in [0.15, 0.2) is 30.3 Å². The lowest BCUT2D eigenvalue weighted by molar-refractivity contribution is 0.662. The van der Waals surface area contributed by atoms with Crippen LogP contribution in [0.2, 0.25) is 0 Å². The maximum Gasteiger partial charge on any atom is 0.150 e. The number of benzene rings is 1. The number of hydrogen-bond donors (Lipinski definition) is 1. The smallest absolute Gasteiger partial charge is 0.150 e. The molecular formula is C13H17N5S. The second kappa shape index (κ2) is 6.94. The molecule has 0 aliphatic rings. The highest BCUT2D eigenvalue weighted by molar-refractivity contribution is 7.80. The van der Waals surface area contributed by atoms with Gasteiger partial charge in [0.15, 0.2) is 5.82 Å². The van der Waals surface area contributed by atoms with E-state index in [1.165, 1.54) is 5.56 Å². The molecule has 0 bridgehead atoms. The molecular weight excluding hydrogens is 258 g/mol. The third-order valence-electron chi connectivity index (χ3n) is 2.84. The lowest BCUT2D eigenvalue weighted by Gasteiger charge is -2.07. The number of aromatic nitrogens is 4. The summed E-state index contributed by atoms with van der Waals surface area (Å²) in [5.74, 6) is 0.894. The van der Waals surface area contributed by atoms with E-state index in [0.717, 1.165) is 36.6 Å². The lowest BCUT2D eigenvalue weighted by Crippen LogP contribution is -2.20. The molecule has 1 heterocycles. The molecule has 1 N–H and O–H groups in total. The molecule has 0 unspecified atom stereocenters. The summed E-state index contributed by atoms with van der Waals surface area (Å²) < 4.78 is 1.69. The molecule has 0 spiro atoms. The van der Waals surface area contributed by atoms with Crippen LogP contribution in [0.5, 0.6) is 0 Å². The zero-order chi connectivity index (χ0) is 13.5. The van der Waals surface area contributed by atoms with Gasteiger partial charge >= 0.3 is 0 Å². The van der Waals surface area contributed by atoms with Gasteiger partial charge in [0.1, 0.15) is 0 Å². The van der Waals surface area contributed by atoms with Crippen LogP contribution >= 0.6 is 12.2 Å². The summed E-state index contributed by atoms with van der Waals surface area (Å²) in [4.78, 5) is 0.888. The van der Waals surface area contributed by atoms with Crippen LogP contribution in [0, 0.1) is 0 Å². The quantitative estimate of drug-likeness (QED) is 0.812. The first-order valence-electron chi connectivity index (χ1n) is 6.27. The first-order chi connectivity index (χ1) is 9.25. The van der Waals surface area contributed by atoms with Gasteiger partial charge in [-0.3, -0.25) is 0 Å². The first-order valence-corrected chi connectivity index (χ1v) is 6.68. The molecule has 0 aliphatic carbocycles. The topological polar surface area (TPSA) is 55.6 Å². The molecule has 0 saturated heterocycles. The number of tetrazole rings is 1. The summed E-state index contributed by atoms with van der Waals surface area (Å²) in [5, 5.41) is 14.6. The van der Waals surface area contributed by atoms with Crippen LogP contribution in [0.1, 0.15) is 24.2 Å². The normalized spacial score (nSPS) is 10.4. The average molecular weight is 275 g/mol. The Labute approximate surface area is 118 Å². The number of nitrogens with zero attached hydrogens (tertiary/aromatic N) is 4. The SMILES string of the molecule is Cn1nnnc1CCCC(=S)NCc1ccccc1. The van der Waals surface area contributed by atoms with E-state index in [2.05, 4.69) is 33.0 Å². The maximum absolute atomic E-state index is 5.31. The monoisotopic (exact) mass is 275 g/mol. The van der Waals surface area contributed by atoms with Crippen molar-refractivity contribution in [1.29, 1.82) is 0 Å². The van der Waals surface area contributed by atoms with Gasteiger partial charge < -0.3 is 5.32 Å². The lowest BCUT2D eigenvalue weighted by atomic mass is 10.2.